The van der Waals surface area contributed by atoms with Gasteiger partial charge in [-0.05, 0) is 19.2 Å². The number of fused-ring (bicyclic) bond motifs is 1. The first-order chi connectivity index (χ1) is 7.79. The zero-order valence-electron chi connectivity index (χ0n) is 9.53. The molecule has 4 nitrogen and oxygen atoms in total. The van der Waals surface area contributed by atoms with Crippen LogP contribution in [0.2, 0.25) is 0 Å². The second kappa shape index (κ2) is 3.49. The predicted octanol–water partition coefficient (Wildman–Crippen LogP) is 1.60. The predicted molar refractivity (Wildman–Crippen MR) is 62.9 cm³/mol. The zero-order chi connectivity index (χ0) is 11.1. The average molecular weight is 217 g/mol. The van der Waals surface area contributed by atoms with Gasteiger partial charge in [-0.1, -0.05) is 6.07 Å². The molecule has 84 valence electrons. The Morgan fingerprint density at radius 3 is 2.94 bits per heavy atom. The number of likely N-dealkylation sites (tertiary alicyclic amines) is 1. The molecular formula is C12H15N3O. The van der Waals surface area contributed by atoms with Gasteiger partial charge in [0.2, 0.25) is 0 Å². The van der Waals surface area contributed by atoms with Crippen molar-refractivity contribution in [2.24, 2.45) is 0 Å². The quantitative estimate of drug-likeness (QED) is 0.830. The summed E-state index contributed by atoms with van der Waals surface area (Å²) in [7, 11) is 3.84. The lowest BCUT2D eigenvalue weighted by Gasteiger charge is -2.35. The topological polar surface area (TPSA) is 41.1 Å². The highest BCUT2D eigenvalue weighted by Gasteiger charge is 2.28. The summed E-state index contributed by atoms with van der Waals surface area (Å²) in [5, 5.41) is 8.63. The Kier molecular flexibility index (Phi) is 2.11. The number of hydrogen-bond donors (Lipinski definition) is 1. The summed E-state index contributed by atoms with van der Waals surface area (Å²) >= 11 is 0. The molecule has 0 bridgehead atoms. The molecule has 1 aliphatic heterocycles. The van der Waals surface area contributed by atoms with Gasteiger partial charge in [-0.3, -0.25) is 5.10 Å². The molecule has 4 heteroatoms. The fourth-order valence-corrected chi connectivity index (χ4v) is 2.41. The molecule has 0 spiro atoms. The largest absolute Gasteiger partial charge is 0.496 e. The van der Waals surface area contributed by atoms with Gasteiger partial charge in [0.05, 0.1) is 23.7 Å². The van der Waals surface area contributed by atoms with Gasteiger partial charge in [0.1, 0.15) is 5.75 Å². The van der Waals surface area contributed by atoms with E-state index in [4.69, 9.17) is 4.74 Å². The van der Waals surface area contributed by atoms with Gasteiger partial charge in [-0.25, -0.2) is 0 Å². The van der Waals surface area contributed by atoms with Crippen molar-refractivity contribution in [2.75, 3.05) is 27.2 Å². The molecule has 3 rings (SSSR count). The van der Waals surface area contributed by atoms with E-state index in [0.29, 0.717) is 5.92 Å². The lowest BCUT2D eigenvalue weighted by molar-refractivity contribution is 0.187. The van der Waals surface area contributed by atoms with E-state index in [1.807, 2.05) is 18.2 Å². The van der Waals surface area contributed by atoms with Crippen molar-refractivity contribution in [1.29, 1.82) is 0 Å². The summed E-state index contributed by atoms with van der Waals surface area (Å²) in [6, 6.07) is 5.97. The number of methoxy groups -OCH3 is 1. The van der Waals surface area contributed by atoms with Crippen molar-refractivity contribution >= 4 is 10.9 Å². The van der Waals surface area contributed by atoms with E-state index >= 15 is 0 Å². The Labute approximate surface area is 94.2 Å². The molecule has 2 heterocycles. The highest BCUT2D eigenvalue weighted by atomic mass is 16.5. The molecule has 1 saturated heterocycles. The first-order valence-electron chi connectivity index (χ1n) is 5.49. The fraction of sp³-hybridized carbons (Fsp3) is 0.417. The molecule has 0 amide bonds. The molecule has 0 radical (unpaired) electrons. The molecule has 0 atom stereocenters. The summed E-state index contributed by atoms with van der Waals surface area (Å²) < 4.78 is 5.40. The zero-order valence-corrected chi connectivity index (χ0v) is 9.53. The standard InChI is InChI=1S/C12H15N3O/c1-15-6-8(7-15)12-11-9(13-14-12)4-3-5-10(11)16-2/h3-5,8H,6-7H2,1-2H3,(H,13,14). The van der Waals surface area contributed by atoms with E-state index in [-0.39, 0.29) is 0 Å². The fourth-order valence-electron chi connectivity index (χ4n) is 2.41. The Hall–Kier alpha value is -1.55. The summed E-state index contributed by atoms with van der Waals surface area (Å²) in [5.41, 5.74) is 2.20. The number of nitrogens with zero attached hydrogens (tertiary/aromatic N) is 2. The van der Waals surface area contributed by atoms with Crippen LogP contribution in [0.25, 0.3) is 10.9 Å². The number of hydrogen-bond acceptors (Lipinski definition) is 3. The molecular weight excluding hydrogens is 202 g/mol. The van der Waals surface area contributed by atoms with E-state index in [1.165, 1.54) is 5.69 Å². The van der Waals surface area contributed by atoms with Crippen LogP contribution in [0.5, 0.6) is 5.75 Å². The summed E-state index contributed by atoms with van der Waals surface area (Å²) in [5.74, 6) is 1.47. The number of rotatable bonds is 2. The normalized spacial score (nSPS) is 17.6. The maximum absolute atomic E-state index is 5.40. The molecule has 1 N–H and O–H groups in total. The van der Waals surface area contributed by atoms with E-state index in [2.05, 4.69) is 22.1 Å². The Morgan fingerprint density at radius 2 is 2.25 bits per heavy atom. The number of likely N-dealkylation sites (N-methyl/N-ethyl adjacent to an activating group) is 1. The number of aromatic amines is 1. The van der Waals surface area contributed by atoms with Gasteiger partial charge in [0.15, 0.2) is 0 Å². The molecule has 1 aliphatic rings. The van der Waals surface area contributed by atoms with Crippen molar-refractivity contribution in [2.45, 2.75) is 5.92 Å². The minimum Gasteiger partial charge on any atom is -0.496 e. The molecule has 1 aromatic heterocycles. The average Bonchev–Trinajstić information content (AvgIpc) is 2.68. The van der Waals surface area contributed by atoms with Crippen LogP contribution in [0.1, 0.15) is 11.6 Å². The van der Waals surface area contributed by atoms with E-state index in [9.17, 15) is 0 Å². The first kappa shape index (κ1) is 9.66. The summed E-state index contributed by atoms with van der Waals surface area (Å²) in [6.07, 6.45) is 0. The van der Waals surface area contributed by atoms with Gasteiger partial charge >= 0.3 is 0 Å². The van der Waals surface area contributed by atoms with Crippen molar-refractivity contribution in [3.05, 3.63) is 23.9 Å². The second-order valence-corrected chi connectivity index (χ2v) is 4.41. The highest BCUT2D eigenvalue weighted by Crippen LogP contribution is 2.34. The molecule has 0 saturated carbocycles. The van der Waals surface area contributed by atoms with Crippen molar-refractivity contribution in [3.63, 3.8) is 0 Å². The van der Waals surface area contributed by atoms with E-state index < -0.39 is 0 Å². The maximum atomic E-state index is 5.40. The van der Waals surface area contributed by atoms with E-state index in [0.717, 1.165) is 29.7 Å². The van der Waals surface area contributed by atoms with Crippen LogP contribution >= 0.6 is 0 Å². The lowest BCUT2D eigenvalue weighted by atomic mass is 9.94. The van der Waals surface area contributed by atoms with E-state index in [1.54, 1.807) is 7.11 Å². The van der Waals surface area contributed by atoms with Crippen molar-refractivity contribution in [1.82, 2.24) is 15.1 Å². The minimum atomic E-state index is 0.561. The SMILES string of the molecule is COc1cccc2n[nH]c(C3CN(C)C3)c12. The highest BCUT2D eigenvalue weighted by molar-refractivity contribution is 5.88. The number of benzene rings is 1. The number of ether oxygens (including phenoxy) is 1. The minimum absolute atomic E-state index is 0.561. The molecule has 1 fully saturated rings. The Bertz CT molecular complexity index is 514. The van der Waals surface area contributed by atoms with Crippen LogP contribution in [0.3, 0.4) is 0 Å². The third-order valence-corrected chi connectivity index (χ3v) is 3.26. The van der Waals surface area contributed by atoms with Crippen LogP contribution in [-0.4, -0.2) is 42.3 Å². The van der Waals surface area contributed by atoms with Crippen LogP contribution < -0.4 is 4.74 Å². The molecule has 0 aliphatic carbocycles. The Balaban J connectivity index is 2.11. The number of H-pyrrole nitrogens is 1. The van der Waals surface area contributed by atoms with Gasteiger partial charge in [0, 0.05) is 19.0 Å². The first-order valence-corrected chi connectivity index (χ1v) is 5.49. The van der Waals surface area contributed by atoms with Crippen LogP contribution in [-0.2, 0) is 0 Å². The third kappa shape index (κ3) is 1.30. The smallest absolute Gasteiger partial charge is 0.130 e. The monoisotopic (exact) mass is 217 g/mol. The van der Waals surface area contributed by atoms with Crippen molar-refractivity contribution < 1.29 is 4.74 Å². The van der Waals surface area contributed by atoms with Gasteiger partial charge in [-0.2, -0.15) is 5.10 Å². The second-order valence-electron chi connectivity index (χ2n) is 4.41. The third-order valence-electron chi connectivity index (χ3n) is 3.26. The van der Waals surface area contributed by atoms with Crippen LogP contribution in [0.4, 0.5) is 0 Å². The molecule has 16 heavy (non-hydrogen) atoms. The van der Waals surface area contributed by atoms with Gasteiger partial charge in [0.25, 0.3) is 0 Å². The van der Waals surface area contributed by atoms with Crippen LogP contribution in [0, 0.1) is 0 Å². The summed E-state index contributed by atoms with van der Waals surface area (Å²) in [4.78, 5) is 2.30. The number of aromatic nitrogens is 2. The van der Waals surface area contributed by atoms with Crippen molar-refractivity contribution in [3.8, 4) is 5.75 Å². The van der Waals surface area contributed by atoms with Gasteiger partial charge < -0.3 is 9.64 Å². The molecule has 1 aromatic carbocycles. The van der Waals surface area contributed by atoms with Crippen LogP contribution in [0.15, 0.2) is 18.2 Å². The maximum Gasteiger partial charge on any atom is 0.130 e. The lowest BCUT2D eigenvalue weighted by Crippen LogP contribution is -2.41. The number of nitrogens with one attached hydrogen (secondary N) is 1. The Morgan fingerprint density at radius 1 is 1.44 bits per heavy atom. The summed E-state index contributed by atoms with van der Waals surface area (Å²) in [6.45, 7) is 2.19. The molecule has 0 unspecified atom stereocenters. The van der Waals surface area contributed by atoms with Gasteiger partial charge in [-0.15, -0.1) is 0 Å². The molecule has 2 aromatic rings.